The van der Waals surface area contributed by atoms with Gasteiger partial charge in [0, 0.05) is 25.9 Å². The second-order valence-corrected chi connectivity index (χ2v) is 6.05. The van der Waals surface area contributed by atoms with Gasteiger partial charge in [0.15, 0.2) is 0 Å². The van der Waals surface area contributed by atoms with Gasteiger partial charge in [0.05, 0.1) is 12.2 Å². The number of carbonyl (C=O) groups is 1. The highest BCUT2D eigenvalue weighted by Gasteiger charge is 2.13. The van der Waals surface area contributed by atoms with Crippen LogP contribution in [0.4, 0.5) is 4.39 Å². The first-order valence-corrected chi connectivity index (χ1v) is 8.22. The number of amides is 1. The second-order valence-electron chi connectivity index (χ2n) is 6.05. The van der Waals surface area contributed by atoms with E-state index in [9.17, 15) is 9.18 Å². The Balaban J connectivity index is 1.58. The van der Waals surface area contributed by atoms with Crippen molar-refractivity contribution in [3.05, 3.63) is 83.4 Å². The topological polar surface area (TPSA) is 47.4 Å². The third-order valence-electron chi connectivity index (χ3n) is 4.09. The number of hydrogen-bond acceptors (Lipinski definition) is 3. The summed E-state index contributed by atoms with van der Waals surface area (Å²) >= 11 is 0. The van der Waals surface area contributed by atoms with Gasteiger partial charge in [-0.1, -0.05) is 12.1 Å². The summed E-state index contributed by atoms with van der Waals surface area (Å²) in [5, 5.41) is 4.11. The summed E-state index contributed by atoms with van der Waals surface area (Å²) in [4.78, 5) is 14.2. The van der Waals surface area contributed by atoms with Crippen molar-refractivity contribution in [2.45, 2.75) is 13.2 Å². The first-order chi connectivity index (χ1) is 12.5. The molecule has 0 aliphatic rings. The molecule has 0 fully saturated rings. The van der Waals surface area contributed by atoms with E-state index in [-0.39, 0.29) is 11.7 Å². The number of ether oxygens (including phenoxy) is 1. The van der Waals surface area contributed by atoms with E-state index in [2.05, 4.69) is 5.10 Å². The molecule has 1 aromatic heterocycles. The number of carbonyl (C=O) groups excluding carboxylic acids is 1. The van der Waals surface area contributed by atoms with E-state index in [4.69, 9.17) is 4.74 Å². The summed E-state index contributed by atoms with van der Waals surface area (Å²) in [6.45, 7) is 0.843. The fourth-order valence-corrected chi connectivity index (χ4v) is 2.53. The number of hydrogen-bond donors (Lipinski definition) is 0. The molecule has 1 heterocycles. The van der Waals surface area contributed by atoms with Gasteiger partial charge in [0.25, 0.3) is 5.91 Å². The van der Waals surface area contributed by atoms with Crippen molar-refractivity contribution < 1.29 is 13.9 Å². The van der Waals surface area contributed by atoms with Crippen LogP contribution < -0.4 is 4.74 Å². The van der Waals surface area contributed by atoms with E-state index < -0.39 is 0 Å². The fraction of sp³-hybridized carbons (Fsp3) is 0.200. The summed E-state index contributed by atoms with van der Waals surface area (Å²) in [5.41, 5.74) is 2.51. The quantitative estimate of drug-likeness (QED) is 0.682. The second kappa shape index (κ2) is 7.82. The smallest absolute Gasteiger partial charge is 0.253 e. The van der Waals surface area contributed by atoms with E-state index >= 15 is 0 Å². The van der Waals surface area contributed by atoms with Crippen molar-refractivity contribution in [1.29, 1.82) is 0 Å². The van der Waals surface area contributed by atoms with Gasteiger partial charge < -0.3 is 9.64 Å². The predicted molar refractivity (Wildman–Crippen MR) is 96.2 cm³/mol. The summed E-state index contributed by atoms with van der Waals surface area (Å²) < 4.78 is 20.2. The van der Waals surface area contributed by atoms with Crippen molar-refractivity contribution in [2.24, 2.45) is 7.05 Å². The third kappa shape index (κ3) is 4.27. The van der Waals surface area contributed by atoms with Crippen LogP contribution in [0.15, 0.2) is 60.8 Å². The molecule has 3 rings (SSSR count). The maximum Gasteiger partial charge on any atom is 0.253 e. The predicted octanol–water partition coefficient (Wildman–Crippen LogP) is 3.41. The Morgan fingerprint density at radius 2 is 1.81 bits per heavy atom. The molecule has 0 radical (unpaired) electrons. The van der Waals surface area contributed by atoms with Crippen LogP contribution >= 0.6 is 0 Å². The van der Waals surface area contributed by atoms with Crippen molar-refractivity contribution in [3.8, 4) is 5.75 Å². The summed E-state index contributed by atoms with van der Waals surface area (Å²) in [7, 11) is 3.62. The number of aryl methyl sites for hydroxylation is 1. The molecule has 0 atom stereocenters. The average molecular weight is 353 g/mol. The Morgan fingerprint density at radius 3 is 2.42 bits per heavy atom. The Morgan fingerprint density at radius 1 is 1.12 bits per heavy atom. The lowest BCUT2D eigenvalue weighted by molar-refractivity contribution is 0.0782. The van der Waals surface area contributed by atoms with Gasteiger partial charge in [-0.05, 0) is 48.0 Å². The van der Waals surface area contributed by atoms with Crippen molar-refractivity contribution in [3.63, 3.8) is 0 Å². The lowest BCUT2D eigenvalue weighted by Crippen LogP contribution is -2.27. The van der Waals surface area contributed by atoms with Gasteiger partial charge in [0.2, 0.25) is 0 Å². The monoisotopic (exact) mass is 353 g/mol. The Kier molecular flexibility index (Phi) is 5.31. The van der Waals surface area contributed by atoms with Crippen LogP contribution in [0.2, 0.25) is 0 Å². The van der Waals surface area contributed by atoms with Gasteiger partial charge in [-0.3, -0.25) is 9.48 Å². The van der Waals surface area contributed by atoms with E-state index in [1.165, 1.54) is 12.1 Å². The van der Waals surface area contributed by atoms with Gasteiger partial charge in [0.1, 0.15) is 18.2 Å². The first kappa shape index (κ1) is 17.7. The summed E-state index contributed by atoms with van der Waals surface area (Å²) in [6, 6.07) is 15.0. The molecular formula is C20H20FN3O2. The Hall–Kier alpha value is -3.15. The van der Waals surface area contributed by atoms with E-state index in [0.717, 1.165) is 11.3 Å². The molecule has 0 bridgehead atoms. The van der Waals surface area contributed by atoms with Crippen LogP contribution in [-0.2, 0) is 20.2 Å². The molecule has 134 valence electrons. The van der Waals surface area contributed by atoms with Gasteiger partial charge in [-0.2, -0.15) is 5.10 Å². The van der Waals surface area contributed by atoms with E-state index in [1.807, 2.05) is 25.2 Å². The summed E-state index contributed by atoms with van der Waals surface area (Å²) in [6.07, 6.45) is 1.71. The SMILES string of the molecule is CN(Cc1ccnn1C)C(=O)c1ccc(COc2ccc(F)cc2)cc1. The molecule has 0 aliphatic heterocycles. The maximum absolute atomic E-state index is 12.9. The van der Waals surface area contributed by atoms with Crippen LogP contribution in [0, 0.1) is 5.82 Å². The zero-order valence-electron chi connectivity index (χ0n) is 14.7. The molecule has 0 N–H and O–H groups in total. The van der Waals surface area contributed by atoms with Gasteiger partial charge >= 0.3 is 0 Å². The molecule has 3 aromatic rings. The lowest BCUT2D eigenvalue weighted by Gasteiger charge is -2.17. The van der Waals surface area contributed by atoms with Crippen LogP contribution in [0.1, 0.15) is 21.6 Å². The molecular weight excluding hydrogens is 333 g/mol. The summed E-state index contributed by atoms with van der Waals surface area (Å²) in [5.74, 6) is 0.245. The number of halogens is 1. The fourth-order valence-electron chi connectivity index (χ4n) is 2.53. The highest BCUT2D eigenvalue weighted by molar-refractivity contribution is 5.94. The number of rotatable bonds is 6. The van der Waals surface area contributed by atoms with Gasteiger partial charge in [-0.25, -0.2) is 4.39 Å². The minimum atomic E-state index is -0.296. The third-order valence-corrected chi connectivity index (χ3v) is 4.09. The molecule has 5 nitrogen and oxygen atoms in total. The molecule has 26 heavy (non-hydrogen) atoms. The molecule has 0 saturated carbocycles. The van der Waals surface area contributed by atoms with Crippen LogP contribution in [0.5, 0.6) is 5.75 Å². The largest absolute Gasteiger partial charge is 0.489 e. The zero-order valence-corrected chi connectivity index (χ0v) is 14.7. The first-order valence-electron chi connectivity index (χ1n) is 8.22. The van der Waals surface area contributed by atoms with E-state index in [0.29, 0.717) is 24.5 Å². The minimum Gasteiger partial charge on any atom is -0.489 e. The molecule has 0 spiro atoms. The van der Waals surface area contributed by atoms with Crippen LogP contribution in [-0.4, -0.2) is 27.6 Å². The minimum absolute atomic E-state index is 0.0581. The van der Waals surface area contributed by atoms with Gasteiger partial charge in [-0.15, -0.1) is 0 Å². The number of benzene rings is 2. The lowest BCUT2D eigenvalue weighted by atomic mass is 10.1. The number of nitrogens with zero attached hydrogens (tertiary/aromatic N) is 3. The molecule has 1 amide bonds. The Labute approximate surface area is 151 Å². The van der Waals surface area contributed by atoms with Crippen molar-refractivity contribution in [1.82, 2.24) is 14.7 Å². The molecule has 6 heteroatoms. The molecule has 0 aliphatic carbocycles. The average Bonchev–Trinajstić information content (AvgIpc) is 3.05. The molecule has 0 saturated heterocycles. The van der Waals surface area contributed by atoms with Crippen LogP contribution in [0.3, 0.4) is 0 Å². The Bertz CT molecular complexity index is 873. The van der Waals surface area contributed by atoms with Crippen molar-refractivity contribution >= 4 is 5.91 Å². The zero-order chi connectivity index (χ0) is 18.5. The highest BCUT2D eigenvalue weighted by Crippen LogP contribution is 2.15. The highest BCUT2D eigenvalue weighted by atomic mass is 19.1. The number of aromatic nitrogens is 2. The maximum atomic E-state index is 12.9. The molecule has 2 aromatic carbocycles. The standard InChI is InChI=1S/C20H20FN3O2/c1-23(13-18-11-12-22-24(18)2)20(25)16-5-3-15(4-6-16)14-26-19-9-7-17(21)8-10-19/h3-12H,13-14H2,1-2H3. The van der Waals surface area contributed by atoms with Crippen molar-refractivity contribution in [2.75, 3.05) is 7.05 Å². The van der Waals surface area contributed by atoms with E-state index in [1.54, 1.807) is 47.1 Å². The normalized spacial score (nSPS) is 10.6. The van der Waals surface area contributed by atoms with Crippen LogP contribution in [0.25, 0.3) is 0 Å². The molecule has 0 unspecified atom stereocenters.